The fraction of sp³-hybridized carbons (Fsp3) is 0.238. The second-order valence-corrected chi connectivity index (χ2v) is 6.61. The van der Waals surface area contributed by atoms with Crippen molar-refractivity contribution in [2.45, 2.75) is 26.7 Å². The minimum absolute atomic E-state index is 0.339. The van der Waals surface area contributed by atoms with Crippen molar-refractivity contribution < 1.29 is 8.98 Å². The van der Waals surface area contributed by atoms with Gasteiger partial charge in [0.05, 0.1) is 16.8 Å². The lowest BCUT2D eigenvalue weighted by Crippen LogP contribution is -2.30. The van der Waals surface area contributed by atoms with Crippen molar-refractivity contribution in [2.24, 2.45) is 7.05 Å². The van der Waals surface area contributed by atoms with Crippen molar-refractivity contribution in [1.29, 1.82) is 0 Å². The lowest BCUT2D eigenvalue weighted by Gasteiger charge is -2.11. The molecule has 0 amide bonds. The average Bonchev–Trinajstić information content (AvgIpc) is 2.94. The van der Waals surface area contributed by atoms with Crippen LogP contribution in [0.1, 0.15) is 31.2 Å². The highest BCUT2D eigenvalue weighted by Crippen LogP contribution is 2.39. The molecule has 1 aromatic carbocycles. The monoisotopic (exact) mass is 317 g/mol. The van der Waals surface area contributed by atoms with E-state index in [2.05, 4.69) is 62.8 Å². The molecule has 3 nitrogen and oxygen atoms in total. The van der Waals surface area contributed by atoms with Gasteiger partial charge < -0.3 is 4.42 Å². The molecule has 0 unspecified atom stereocenters. The van der Waals surface area contributed by atoms with Crippen LogP contribution in [0, 0.1) is 6.92 Å². The number of furan rings is 1. The second-order valence-electron chi connectivity index (χ2n) is 6.61. The van der Waals surface area contributed by atoms with Crippen LogP contribution in [0.25, 0.3) is 33.2 Å². The summed E-state index contributed by atoms with van der Waals surface area (Å²) in [6.45, 7) is 6.44. The van der Waals surface area contributed by atoms with E-state index in [9.17, 15) is 0 Å². The Balaban J connectivity index is 2.22. The molecule has 0 saturated carbocycles. The Kier molecular flexibility index (Phi) is 3.38. The van der Waals surface area contributed by atoms with Crippen LogP contribution in [-0.2, 0) is 7.05 Å². The summed E-state index contributed by atoms with van der Waals surface area (Å²) in [6.07, 6.45) is 2.06. The summed E-state index contributed by atoms with van der Waals surface area (Å²) < 4.78 is 8.43. The van der Waals surface area contributed by atoms with Gasteiger partial charge in [-0.2, -0.15) is 0 Å². The minimum atomic E-state index is 0.339. The van der Waals surface area contributed by atoms with Gasteiger partial charge in [-0.15, -0.1) is 0 Å². The summed E-state index contributed by atoms with van der Waals surface area (Å²) >= 11 is 0. The molecular weight excluding hydrogens is 296 g/mol. The predicted octanol–water partition coefficient (Wildman–Crippen LogP) is 4.90. The molecule has 3 heteroatoms. The molecule has 0 N–H and O–H groups in total. The zero-order chi connectivity index (χ0) is 16.8. The molecule has 3 aromatic heterocycles. The molecular formula is C21H21N2O+. The molecule has 0 bridgehead atoms. The van der Waals surface area contributed by atoms with E-state index in [4.69, 9.17) is 9.40 Å². The molecule has 0 spiro atoms. The first-order valence-corrected chi connectivity index (χ1v) is 8.34. The molecule has 120 valence electrons. The zero-order valence-electron chi connectivity index (χ0n) is 14.5. The molecule has 0 aliphatic carbocycles. The van der Waals surface area contributed by atoms with Crippen molar-refractivity contribution in [1.82, 2.24) is 4.98 Å². The van der Waals surface area contributed by atoms with E-state index in [1.54, 1.807) is 0 Å². The Morgan fingerprint density at radius 1 is 1.04 bits per heavy atom. The number of para-hydroxylation sites is 1. The Hall–Kier alpha value is -2.68. The first-order chi connectivity index (χ1) is 11.6. The molecule has 24 heavy (non-hydrogen) atoms. The highest BCUT2D eigenvalue weighted by molar-refractivity contribution is 6.10. The summed E-state index contributed by atoms with van der Waals surface area (Å²) in [5.41, 5.74) is 6.16. The Bertz CT molecular complexity index is 1060. The highest BCUT2D eigenvalue weighted by Gasteiger charge is 2.24. The molecule has 0 aliphatic heterocycles. The lowest BCUT2D eigenvalue weighted by molar-refractivity contribution is -0.660. The number of hydrogen-bond donors (Lipinski definition) is 0. The van der Waals surface area contributed by atoms with E-state index in [-0.39, 0.29) is 0 Å². The Morgan fingerprint density at radius 3 is 2.54 bits per heavy atom. The van der Waals surface area contributed by atoms with E-state index in [1.165, 1.54) is 0 Å². The SMILES string of the molecule is Cc1nc(C(C)C)c2c(oc3ccccc32)c1-c1cccc[n+]1C. The van der Waals surface area contributed by atoms with E-state index in [1.807, 2.05) is 18.2 Å². The maximum absolute atomic E-state index is 6.31. The zero-order valence-corrected chi connectivity index (χ0v) is 14.5. The molecule has 0 atom stereocenters. The number of pyridine rings is 2. The molecule has 3 heterocycles. The van der Waals surface area contributed by atoms with Gasteiger partial charge in [0, 0.05) is 17.5 Å². The average molecular weight is 317 g/mol. The Labute approximate surface area is 141 Å². The van der Waals surface area contributed by atoms with Crippen LogP contribution in [0.2, 0.25) is 0 Å². The third-order valence-corrected chi connectivity index (χ3v) is 4.59. The molecule has 4 aromatic rings. The van der Waals surface area contributed by atoms with Crippen LogP contribution in [0.15, 0.2) is 53.1 Å². The van der Waals surface area contributed by atoms with Crippen LogP contribution < -0.4 is 4.57 Å². The fourth-order valence-corrected chi connectivity index (χ4v) is 3.44. The number of rotatable bonds is 2. The van der Waals surface area contributed by atoms with E-state index < -0.39 is 0 Å². The minimum Gasteiger partial charge on any atom is -0.455 e. The van der Waals surface area contributed by atoms with Gasteiger partial charge in [-0.1, -0.05) is 32.0 Å². The van der Waals surface area contributed by atoms with Crippen LogP contribution in [-0.4, -0.2) is 4.98 Å². The molecule has 4 rings (SSSR count). The highest BCUT2D eigenvalue weighted by atomic mass is 16.3. The second kappa shape index (κ2) is 5.45. The van der Waals surface area contributed by atoms with Gasteiger partial charge in [0.15, 0.2) is 11.8 Å². The third-order valence-electron chi connectivity index (χ3n) is 4.59. The van der Waals surface area contributed by atoms with Gasteiger partial charge >= 0.3 is 0 Å². The maximum Gasteiger partial charge on any atom is 0.217 e. The number of fused-ring (bicyclic) bond motifs is 3. The molecule has 0 radical (unpaired) electrons. The van der Waals surface area contributed by atoms with Gasteiger partial charge in [0.1, 0.15) is 18.2 Å². The van der Waals surface area contributed by atoms with Gasteiger partial charge in [-0.05, 0) is 25.0 Å². The van der Waals surface area contributed by atoms with Gasteiger partial charge in [-0.3, -0.25) is 4.98 Å². The summed E-state index contributed by atoms with van der Waals surface area (Å²) in [4.78, 5) is 4.97. The standard InChI is InChI=1S/C21H21N2O/c1-13(2)20-19-15-9-5-6-11-17(15)24-21(19)18(14(3)22-20)16-10-7-8-12-23(16)4/h5-13H,1-4H3/q+1. The van der Waals surface area contributed by atoms with Gasteiger partial charge in [0.25, 0.3) is 0 Å². The van der Waals surface area contributed by atoms with Crippen LogP contribution >= 0.6 is 0 Å². The molecule has 0 saturated heterocycles. The smallest absolute Gasteiger partial charge is 0.217 e. The van der Waals surface area contributed by atoms with Crippen LogP contribution in [0.3, 0.4) is 0 Å². The maximum atomic E-state index is 6.31. The van der Waals surface area contributed by atoms with Crippen molar-refractivity contribution >= 4 is 21.9 Å². The fourth-order valence-electron chi connectivity index (χ4n) is 3.44. The van der Waals surface area contributed by atoms with Crippen molar-refractivity contribution in [2.75, 3.05) is 0 Å². The van der Waals surface area contributed by atoms with E-state index >= 15 is 0 Å². The summed E-state index contributed by atoms with van der Waals surface area (Å²) in [5.74, 6) is 0.339. The quantitative estimate of drug-likeness (QED) is 0.492. The van der Waals surface area contributed by atoms with Crippen LogP contribution in [0.4, 0.5) is 0 Å². The first kappa shape index (κ1) is 14.9. The summed E-state index contributed by atoms with van der Waals surface area (Å²) in [7, 11) is 2.06. The van der Waals surface area contributed by atoms with Crippen molar-refractivity contribution in [3.63, 3.8) is 0 Å². The number of aromatic nitrogens is 2. The number of aryl methyl sites for hydroxylation is 2. The number of benzene rings is 1. The largest absolute Gasteiger partial charge is 0.455 e. The van der Waals surface area contributed by atoms with Gasteiger partial charge in [0.2, 0.25) is 5.69 Å². The number of hydrogen-bond acceptors (Lipinski definition) is 2. The van der Waals surface area contributed by atoms with Crippen molar-refractivity contribution in [3.8, 4) is 11.3 Å². The molecule has 0 fully saturated rings. The van der Waals surface area contributed by atoms with Crippen LogP contribution in [0.5, 0.6) is 0 Å². The lowest BCUT2D eigenvalue weighted by atomic mass is 9.98. The van der Waals surface area contributed by atoms with Gasteiger partial charge in [-0.25, -0.2) is 4.57 Å². The third kappa shape index (κ3) is 2.12. The van der Waals surface area contributed by atoms with Crippen molar-refractivity contribution in [3.05, 3.63) is 60.0 Å². The summed E-state index contributed by atoms with van der Waals surface area (Å²) in [5, 5.41) is 2.29. The molecule has 0 aliphatic rings. The van der Waals surface area contributed by atoms with E-state index in [0.29, 0.717) is 5.92 Å². The Morgan fingerprint density at radius 2 is 1.79 bits per heavy atom. The first-order valence-electron chi connectivity index (χ1n) is 8.34. The van der Waals surface area contributed by atoms with E-state index in [0.717, 1.165) is 44.6 Å². The normalized spacial score (nSPS) is 11.7. The predicted molar refractivity (Wildman–Crippen MR) is 97.0 cm³/mol. The topological polar surface area (TPSA) is 29.9 Å². The number of nitrogens with zero attached hydrogens (tertiary/aromatic N) is 2. The summed E-state index contributed by atoms with van der Waals surface area (Å²) in [6, 6.07) is 14.4.